The first-order valence-corrected chi connectivity index (χ1v) is 7.25. The molecule has 0 bridgehead atoms. The first kappa shape index (κ1) is 12.1. The molecular formula is C13H22N2S. The van der Waals surface area contributed by atoms with Gasteiger partial charge in [-0.15, -0.1) is 11.3 Å². The van der Waals surface area contributed by atoms with E-state index in [1.165, 1.54) is 49.1 Å². The monoisotopic (exact) mass is 238 g/mol. The summed E-state index contributed by atoms with van der Waals surface area (Å²) in [5, 5.41) is 0. The van der Waals surface area contributed by atoms with Gasteiger partial charge in [0.1, 0.15) is 0 Å². The second kappa shape index (κ2) is 5.28. The number of aryl methyl sites for hydroxylation is 2. The number of aromatic nitrogens is 1. The van der Waals surface area contributed by atoms with Crippen LogP contribution in [-0.4, -0.2) is 10.5 Å². The highest BCUT2D eigenvalue weighted by Gasteiger charge is 2.26. The molecule has 0 aliphatic heterocycles. The van der Waals surface area contributed by atoms with Gasteiger partial charge in [0, 0.05) is 10.4 Å². The molecule has 90 valence electrons. The molecule has 1 saturated carbocycles. The highest BCUT2D eigenvalue weighted by atomic mass is 32.1. The first-order chi connectivity index (χ1) is 7.70. The minimum absolute atomic E-state index is 0.104. The van der Waals surface area contributed by atoms with E-state index in [4.69, 9.17) is 5.73 Å². The van der Waals surface area contributed by atoms with Crippen LogP contribution in [0.15, 0.2) is 5.51 Å². The van der Waals surface area contributed by atoms with E-state index in [1.807, 2.05) is 5.51 Å². The summed E-state index contributed by atoms with van der Waals surface area (Å²) < 4.78 is 0. The van der Waals surface area contributed by atoms with Gasteiger partial charge >= 0.3 is 0 Å². The third kappa shape index (κ3) is 3.05. The molecule has 0 saturated heterocycles. The van der Waals surface area contributed by atoms with E-state index in [0.29, 0.717) is 0 Å². The molecule has 0 spiro atoms. The van der Waals surface area contributed by atoms with Crippen molar-refractivity contribution in [1.82, 2.24) is 4.98 Å². The SMILES string of the molecule is Cc1ncsc1CCC1(N)CCCCCC1. The van der Waals surface area contributed by atoms with E-state index in [2.05, 4.69) is 11.9 Å². The molecule has 0 unspecified atom stereocenters. The van der Waals surface area contributed by atoms with Crippen molar-refractivity contribution in [2.75, 3.05) is 0 Å². The fourth-order valence-electron chi connectivity index (χ4n) is 2.61. The highest BCUT2D eigenvalue weighted by Crippen LogP contribution is 2.29. The molecule has 1 aromatic rings. The molecule has 1 fully saturated rings. The van der Waals surface area contributed by atoms with Crippen LogP contribution < -0.4 is 5.73 Å². The Morgan fingerprint density at radius 2 is 2.00 bits per heavy atom. The summed E-state index contributed by atoms with van der Waals surface area (Å²) in [6.45, 7) is 2.10. The van der Waals surface area contributed by atoms with Gasteiger partial charge in [-0.25, -0.2) is 4.98 Å². The van der Waals surface area contributed by atoms with Crippen molar-refractivity contribution in [3.8, 4) is 0 Å². The van der Waals surface area contributed by atoms with E-state index in [9.17, 15) is 0 Å². The first-order valence-electron chi connectivity index (χ1n) is 6.37. The maximum Gasteiger partial charge on any atom is 0.0797 e. The molecule has 0 radical (unpaired) electrons. The van der Waals surface area contributed by atoms with E-state index >= 15 is 0 Å². The lowest BCUT2D eigenvalue weighted by Crippen LogP contribution is -2.39. The lowest BCUT2D eigenvalue weighted by molar-refractivity contribution is 0.346. The molecule has 16 heavy (non-hydrogen) atoms. The lowest BCUT2D eigenvalue weighted by Gasteiger charge is -2.27. The average molecular weight is 238 g/mol. The molecule has 2 N–H and O–H groups in total. The second-order valence-corrected chi connectivity index (χ2v) is 6.08. The van der Waals surface area contributed by atoms with E-state index < -0.39 is 0 Å². The molecule has 1 aromatic heterocycles. The summed E-state index contributed by atoms with van der Waals surface area (Å²) in [7, 11) is 0. The molecule has 3 heteroatoms. The van der Waals surface area contributed by atoms with Crippen molar-refractivity contribution in [2.24, 2.45) is 5.73 Å². The van der Waals surface area contributed by atoms with Crippen molar-refractivity contribution in [1.29, 1.82) is 0 Å². The Hall–Kier alpha value is -0.410. The zero-order valence-electron chi connectivity index (χ0n) is 10.2. The Balaban J connectivity index is 1.90. The van der Waals surface area contributed by atoms with Crippen molar-refractivity contribution in [3.05, 3.63) is 16.1 Å². The van der Waals surface area contributed by atoms with E-state index in [1.54, 1.807) is 11.3 Å². The van der Waals surface area contributed by atoms with Crippen molar-refractivity contribution in [2.45, 2.75) is 63.8 Å². The molecule has 1 aliphatic carbocycles. The van der Waals surface area contributed by atoms with Crippen LogP contribution in [0.4, 0.5) is 0 Å². The van der Waals surface area contributed by atoms with Crippen molar-refractivity contribution >= 4 is 11.3 Å². The normalized spacial score (nSPS) is 20.6. The van der Waals surface area contributed by atoms with Gasteiger partial charge < -0.3 is 5.73 Å². The largest absolute Gasteiger partial charge is 0.325 e. The number of hydrogen-bond acceptors (Lipinski definition) is 3. The Morgan fingerprint density at radius 1 is 1.31 bits per heavy atom. The minimum Gasteiger partial charge on any atom is -0.325 e. The third-order valence-corrected chi connectivity index (χ3v) is 4.79. The molecule has 1 heterocycles. The smallest absolute Gasteiger partial charge is 0.0797 e. The number of rotatable bonds is 3. The molecule has 0 amide bonds. The predicted molar refractivity (Wildman–Crippen MR) is 69.8 cm³/mol. The molecule has 0 aromatic carbocycles. The van der Waals surface area contributed by atoms with Gasteiger partial charge in [-0.05, 0) is 32.6 Å². The van der Waals surface area contributed by atoms with Crippen LogP contribution in [0.25, 0.3) is 0 Å². The van der Waals surface area contributed by atoms with Crippen molar-refractivity contribution in [3.63, 3.8) is 0 Å². The topological polar surface area (TPSA) is 38.9 Å². The number of thiazole rings is 1. The molecular weight excluding hydrogens is 216 g/mol. The number of hydrogen-bond donors (Lipinski definition) is 1. The lowest BCUT2D eigenvalue weighted by atomic mass is 9.86. The zero-order valence-corrected chi connectivity index (χ0v) is 11.0. The fourth-order valence-corrected chi connectivity index (χ4v) is 3.39. The van der Waals surface area contributed by atoms with Crippen LogP contribution in [0.1, 0.15) is 55.5 Å². The maximum atomic E-state index is 6.51. The van der Waals surface area contributed by atoms with Crippen molar-refractivity contribution < 1.29 is 0 Å². The quantitative estimate of drug-likeness (QED) is 0.819. The van der Waals surface area contributed by atoms with Crippen LogP contribution >= 0.6 is 11.3 Å². The summed E-state index contributed by atoms with van der Waals surface area (Å²) in [5.41, 5.74) is 9.76. The zero-order chi connectivity index (χ0) is 11.4. The second-order valence-electron chi connectivity index (χ2n) is 5.14. The summed E-state index contributed by atoms with van der Waals surface area (Å²) in [4.78, 5) is 5.72. The standard InChI is InChI=1S/C13H22N2S/c1-11-12(16-10-15-11)6-9-13(14)7-4-2-3-5-8-13/h10H,2-9,14H2,1H3. The van der Waals surface area contributed by atoms with Gasteiger partial charge in [0.05, 0.1) is 11.2 Å². The van der Waals surface area contributed by atoms with Crippen LogP contribution in [0.3, 0.4) is 0 Å². The Kier molecular flexibility index (Phi) is 3.98. The van der Waals surface area contributed by atoms with Gasteiger partial charge in [-0.1, -0.05) is 25.7 Å². The van der Waals surface area contributed by atoms with Gasteiger partial charge in [0.25, 0.3) is 0 Å². The summed E-state index contributed by atoms with van der Waals surface area (Å²) in [6, 6.07) is 0. The molecule has 2 nitrogen and oxygen atoms in total. The van der Waals surface area contributed by atoms with Gasteiger partial charge in [0.2, 0.25) is 0 Å². The maximum absolute atomic E-state index is 6.51. The fraction of sp³-hybridized carbons (Fsp3) is 0.769. The minimum atomic E-state index is 0.104. The van der Waals surface area contributed by atoms with Crippen LogP contribution in [0.2, 0.25) is 0 Å². The predicted octanol–water partition coefficient (Wildman–Crippen LogP) is 3.44. The summed E-state index contributed by atoms with van der Waals surface area (Å²) in [6.07, 6.45) is 10.1. The average Bonchev–Trinajstić information content (AvgIpc) is 2.54. The Bertz CT molecular complexity index is 324. The Morgan fingerprint density at radius 3 is 2.56 bits per heavy atom. The Labute approximate surface area is 102 Å². The number of nitrogens with zero attached hydrogens (tertiary/aromatic N) is 1. The molecule has 2 rings (SSSR count). The third-order valence-electron chi connectivity index (χ3n) is 3.79. The van der Waals surface area contributed by atoms with Gasteiger partial charge in [-0.2, -0.15) is 0 Å². The van der Waals surface area contributed by atoms with Gasteiger partial charge in [-0.3, -0.25) is 0 Å². The van der Waals surface area contributed by atoms with Gasteiger partial charge in [0.15, 0.2) is 0 Å². The highest BCUT2D eigenvalue weighted by molar-refractivity contribution is 7.09. The van der Waals surface area contributed by atoms with Crippen LogP contribution in [0.5, 0.6) is 0 Å². The summed E-state index contributed by atoms with van der Waals surface area (Å²) >= 11 is 1.78. The van der Waals surface area contributed by atoms with E-state index in [0.717, 1.165) is 12.8 Å². The van der Waals surface area contributed by atoms with Crippen LogP contribution in [0, 0.1) is 6.92 Å². The molecule has 1 aliphatic rings. The number of nitrogens with two attached hydrogens (primary N) is 1. The summed E-state index contributed by atoms with van der Waals surface area (Å²) in [5.74, 6) is 0. The van der Waals surface area contributed by atoms with E-state index in [-0.39, 0.29) is 5.54 Å². The van der Waals surface area contributed by atoms with Crippen LogP contribution in [-0.2, 0) is 6.42 Å². The molecule has 0 atom stereocenters.